The minimum atomic E-state index is -1.02. The molecule has 0 radical (unpaired) electrons. The lowest BCUT2D eigenvalue weighted by molar-refractivity contribution is -0.141. The number of amides is 2. The molecule has 5 rings (SSSR count). The number of carboxylic acid groups (broad SMARTS) is 1. The third-order valence-corrected chi connectivity index (χ3v) is 6.78. The summed E-state index contributed by atoms with van der Waals surface area (Å²) >= 11 is 0. The van der Waals surface area contributed by atoms with Crippen molar-refractivity contribution in [1.82, 2.24) is 20.0 Å². The second kappa shape index (κ2) is 9.25. The van der Waals surface area contributed by atoms with Crippen molar-refractivity contribution in [3.63, 3.8) is 0 Å². The molecule has 35 heavy (non-hydrogen) atoms. The fraction of sp³-hybridized carbons (Fsp3) is 0.308. The van der Waals surface area contributed by atoms with Crippen molar-refractivity contribution in [2.75, 3.05) is 13.2 Å². The Bertz CT molecular complexity index is 1250. The molecule has 2 aromatic carbocycles. The number of ether oxygens (including phenoxy) is 1. The molecule has 0 unspecified atom stereocenters. The van der Waals surface area contributed by atoms with Crippen LogP contribution in [-0.4, -0.2) is 57.0 Å². The summed E-state index contributed by atoms with van der Waals surface area (Å²) in [7, 11) is 1.62. The molecule has 9 heteroatoms. The molecular weight excluding hydrogens is 448 g/mol. The Morgan fingerprint density at radius 1 is 1.09 bits per heavy atom. The van der Waals surface area contributed by atoms with E-state index in [1.54, 1.807) is 7.05 Å². The molecule has 3 aromatic rings. The summed E-state index contributed by atoms with van der Waals surface area (Å²) in [6, 6.07) is 15.4. The summed E-state index contributed by atoms with van der Waals surface area (Å²) in [5.74, 6) is -1.47. The maximum Gasteiger partial charge on any atom is 0.407 e. The predicted octanol–water partition coefficient (Wildman–Crippen LogP) is 3.15. The number of fused-ring (bicyclic) bond motifs is 3. The van der Waals surface area contributed by atoms with Gasteiger partial charge in [0.2, 0.25) is 0 Å². The van der Waals surface area contributed by atoms with Crippen LogP contribution in [0.2, 0.25) is 0 Å². The number of likely N-dealkylation sites (tertiary alicyclic amines) is 1. The lowest BCUT2D eigenvalue weighted by Gasteiger charge is -2.22. The van der Waals surface area contributed by atoms with Crippen LogP contribution < -0.4 is 5.32 Å². The van der Waals surface area contributed by atoms with Crippen LogP contribution >= 0.6 is 0 Å². The number of benzene rings is 2. The Labute approximate surface area is 202 Å². The second-order valence-electron chi connectivity index (χ2n) is 8.82. The number of rotatable bonds is 6. The van der Waals surface area contributed by atoms with Crippen LogP contribution in [0.3, 0.4) is 0 Å². The van der Waals surface area contributed by atoms with Crippen molar-refractivity contribution < 1.29 is 24.2 Å². The van der Waals surface area contributed by atoms with E-state index in [0.717, 1.165) is 22.3 Å². The Kier molecular flexibility index (Phi) is 5.98. The Morgan fingerprint density at radius 2 is 1.74 bits per heavy atom. The minimum Gasteiger partial charge on any atom is -0.480 e. The third-order valence-electron chi connectivity index (χ3n) is 6.78. The highest BCUT2D eigenvalue weighted by Gasteiger charge is 2.36. The van der Waals surface area contributed by atoms with E-state index in [4.69, 9.17) is 4.74 Å². The van der Waals surface area contributed by atoms with E-state index < -0.39 is 24.0 Å². The normalized spacial score (nSPS) is 16.6. The summed E-state index contributed by atoms with van der Waals surface area (Å²) < 4.78 is 6.98. The summed E-state index contributed by atoms with van der Waals surface area (Å²) in [6.07, 6.45) is 1.96. The molecule has 0 bridgehead atoms. The van der Waals surface area contributed by atoms with E-state index in [2.05, 4.69) is 34.7 Å². The van der Waals surface area contributed by atoms with Gasteiger partial charge >= 0.3 is 12.1 Å². The number of carbonyl (C=O) groups excluding carboxylic acids is 2. The van der Waals surface area contributed by atoms with Crippen LogP contribution in [0.15, 0.2) is 54.7 Å². The van der Waals surface area contributed by atoms with Gasteiger partial charge in [0.05, 0.1) is 12.7 Å². The molecule has 2 N–H and O–H groups in total. The average Bonchev–Trinajstić information content (AvgIpc) is 3.57. The molecule has 180 valence electrons. The first-order chi connectivity index (χ1) is 17.0. The number of hydrogen-bond acceptors (Lipinski definition) is 5. The molecule has 2 heterocycles. The molecule has 2 aliphatic rings. The fourth-order valence-corrected chi connectivity index (χ4v) is 5.11. The smallest absolute Gasteiger partial charge is 0.407 e. The number of nitrogens with one attached hydrogen (secondary N) is 1. The van der Waals surface area contributed by atoms with Gasteiger partial charge in [-0.1, -0.05) is 48.5 Å². The van der Waals surface area contributed by atoms with Gasteiger partial charge < -0.3 is 20.1 Å². The molecule has 1 saturated heterocycles. The van der Waals surface area contributed by atoms with Crippen LogP contribution in [0.25, 0.3) is 11.1 Å². The Balaban J connectivity index is 1.24. The van der Waals surface area contributed by atoms with Gasteiger partial charge in [-0.05, 0) is 35.1 Å². The van der Waals surface area contributed by atoms with Gasteiger partial charge in [-0.25, -0.2) is 9.59 Å². The molecule has 1 aromatic heterocycles. The number of hydrogen-bond donors (Lipinski definition) is 2. The number of alkyl carbamates (subject to hydrolysis) is 1. The Morgan fingerprint density at radius 3 is 2.40 bits per heavy atom. The van der Waals surface area contributed by atoms with Crippen LogP contribution in [0.4, 0.5) is 4.79 Å². The first-order valence-corrected chi connectivity index (χ1v) is 11.6. The topological polar surface area (TPSA) is 114 Å². The van der Waals surface area contributed by atoms with E-state index in [-0.39, 0.29) is 24.8 Å². The monoisotopic (exact) mass is 474 g/mol. The molecule has 0 saturated carbocycles. The van der Waals surface area contributed by atoms with E-state index in [0.29, 0.717) is 24.9 Å². The first kappa shape index (κ1) is 22.6. The molecule has 0 spiro atoms. The van der Waals surface area contributed by atoms with Gasteiger partial charge in [-0.2, -0.15) is 5.10 Å². The lowest BCUT2D eigenvalue weighted by Crippen LogP contribution is -2.41. The van der Waals surface area contributed by atoms with E-state index in [9.17, 15) is 19.5 Å². The highest BCUT2D eigenvalue weighted by atomic mass is 16.5. The molecule has 9 nitrogen and oxygen atoms in total. The standard InChI is InChI=1S/C26H26N4O5/c1-29-23(24(31)30-12-6-11-22(30)25(32)33)16(14-28-29)13-27-26(34)35-15-21-19-9-4-2-7-17(19)18-8-3-5-10-20(18)21/h2-5,7-10,14,21-22H,6,11-13,15H2,1H3,(H,27,34)(H,32,33)/t22-/m0/s1. The average molecular weight is 475 g/mol. The quantitative estimate of drug-likeness (QED) is 0.567. The van der Waals surface area contributed by atoms with Gasteiger partial charge in [0.25, 0.3) is 5.91 Å². The van der Waals surface area contributed by atoms with Crippen LogP contribution in [0.1, 0.15) is 45.9 Å². The molecule has 1 fully saturated rings. The largest absolute Gasteiger partial charge is 0.480 e. The number of aryl methyl sites for hydroxylation is 1. The molecular formula is C26H26N4O5. The highest BCUT2D eigenvalue weighted by molar-refractivity contribution is 5.96. The number of aromatic nitrogens is 2. The second-order valence-corrected chi connectivity index (χ2v) is 8.82. The van der Waals surface area contributed by atoms with E-state index >= 15 is 0 Å². The summed E-state index contributed by atoms with van der Waals surface area (Å²) in [6.45, 7) is 0.601. The van der Waals surface area contributed by atoms with Crippen LogP contribution in [0.5, 0.6) is 0 Å². The summed E-state index contributed by atoms with van der Waals surface area (Å²) in [4.78, 5) is 38.5. The van der Waals surface area contributed by atoms with Gasteiger partial charge in [-0.15, -0.1) is 0 Å². The number of carbonyl (C=O) groups is 3. The fourth-order valence-electron chi connectivity index (χ4n) is 5.11. The number of nitrogens with zero attached hydrogens (tertiary/aromatic N) is 3. The lowest BCUT2D eigenvalue weighted by atomic mass is 9.98. The van der Waals surface area contributed by atoms with Crippen molar-refractivity contribution in [2.24, 2.45) is 7.05 Å². The van der Waals surface area contributed by atoms with Crippen LogP contribution in [-0.2, 0) is 23.1 Å². The zero-order valence-electron chi connectivity index (χ0n) is 19.3. The predicted molar refractivity (Wildman–Crippen MR) is 127 cm³/mol. The highest BCUT2D eigenvalue weighted by Crippen LogP contribution is 2.44. The van der Waals surface area contributed by atoms with Crippen molar-refractivity contribution >= 4 is 18.0 Å². The van der Waals surface area contributed by atoms with Crippen molar-refractivity contribution in [3.8, 4) is 11.1 Å². The van der Waals surface area contributed by atoms with Crippen molar-refractivity contribution in [3.05, 3.63) is 77.1 Å². The Hall–Kier alpha value is -4.14. The van der Waals surface area contributed by atoms with Gasteiger partial charge in [0, 0.05) is 25.1 Å². The zero-order valence-corrected chi connectivity index (χ0v) is 19.3. The summed E-state index contributed by atoms with van der Waals surface area (Å²) in [5, 5.41) is 16.3. The van der Waals surface area contributed by atoms with Crippen molar-refractivity contribution in [1.29, 1.82) is 0 Å². The third kappa shape index (κ3) is 4.14. The molecule has 2 amide bonds. The van der Waals surface area contributed by atoms with E-state index in [1.165, 1.54) is 15.8 Å². The van der Waals surface area contributed by atoms with Crippen LogP contribution in [0, 0.1) is 0 Å². The van der Waals surface area contributed by atoms with Crippen molar-refractivity contribution in [2.45, 2.75) is 31.3 Å². The van der Waals surface area contributed by atoms with E-state index in [1.807, 2.05) is 24.3 Å². The SMILES string of the molecule is Cn1ncc(CNC(=O)OCC2c3ccccc3-c3ccccc32)c1C(=O)N1CCC[C@H]1C(=O)O. The summed E-state index contributed by atoms with van der Waals surface area (Å²) in [5.41, 5.74) is 5.31. The van der Waals surface area contributed by atoms with Gasteiger partial charge in [-0.3, -0.25) is 9.48 Å². The molecule has 1 aliphatic heterocycles. The maximum atomic E-state index is 13.1. The van der Waals surface area contributed by atoms with Gasteiger partial charge in [0.1, 0.15) is 18.3 Å². The minimum absolute atomic E-state index is 0.0389. The molecule has 1 atom stereocenters. The first-order valence-electron chi connectivity index (χ1n) is 11.6. The number of aliphatic carboxylic acids is 1. The molecule has 1 aliphatic carbocycles. The van der Waals surface area contributed by atoms with Gasteiger partial charge in [0.15, 0.2) is 0 Å². The number of carboxylic acids is 1. The zero-order chi connectivity index (χ0) is 24.5. The maximum absolute atomic E-state index is 13.1.